The van der Waals surface area contributed by atoms with Crippen LogP contribution in [-0.2, 0) is 17.6 Å². The lowest BCUT2D eigenvalue weighted by molar-refractivity contribution is -0.116. The van der Waals surface area contributed by atoms with Crippen molar-refractivity contribution in [3.05, 3.63) is 41.5 Å². The molecule has 1 aliphatic rings. The lowest BCUT2D eigenvalue weighted by atomic mass is 10.0. The van der Waals surface area contributed by atoms with E-state index >= 15 is 0 Å². The molecule has 0 fully saturated rings. The van der Waals surface area contributed by atoms with Crippen molar-refractivity contribution in [1.82, 2.24) is 0 Å². The zero-order chi connectivity index (χ0) is 14.1. The monoisotopic (exact) mass is 267 g/mol. The zero-order valence-electron chi connectivity index (χ0n) is 12.2. The van der Waals surface area contributed by atoms with Gasteiger partial charge in [-0.25, -0.2) is 0 Å². The first-order valence-corrected chi connectivity index (χ1v) is 7.48. The van der Waals surface area contributed by atoms with E-state index in [0.29, 0.717) is 12.3 Å². The third-order valence-electron chi connectivity index (χ3n) is 4.10. The number of hydrogen-bond donors (Lipinski definition) is 1. The minimum atomic E-state index is 0.123. The number of carbonyl (C=O) groups is 1. The highest BCUT2D eigenvalue weighted by Crippen LogP contribution is 2.35. The molecule has 1 amide bonds. The molecule has 1 aliphatic carbocycles. The third-order valence-corrected chi connectivity index (χ3v) is 4.10. The summed E-state index contributed by atoms with van der Waals surface area (Å²) >= 11 is 0. The fourth-order valence-corrected chi connectivity index (χ4v) is 2.99. The van der Waals surface area contributed by atoms with Crippen molar-refractivity contribution >= 4 is 22.4 Å². The van der Waals surface area contributed by atoms with E-state index in [4.69, 9.17) is 0 Å². The van der Waals surface area contributed by atoms with Crippen LogP contribution < -0.4 is 5.32 Å². The summed E-state index contributed by atoms with van der Waals surface area (Å²) in [5.74, 6) is 0.686. The second kappa shape index (κ2) is 5.28. The number of carbonyl (C=O) groups excluding carboxylic acids is 1. The van der Waals surface area contributed by atoms with Gasteiger partial charge in [-0.2, -0.15) is 0 Å². The third kappa shape index (κ3) is 2.43. The molecule has 0 atom stereocenters. The average Bonchev–Trinajstić information content (AvgIpc) is 2.85. The van der Waals surface area contributed by atoms with Gasteiger partial charge in [0, 0.05) is 17.5 Å². The molecule has 2 heteroatoms. The van der Waals surface area contributed by atoms with Crippen molar-refractivity contribution in [1.29, 1.82) is 0 Å². The van der Waals surface area contributed by atoms with E-state index in [0.717, 1.165) is 24.9 Å². The lowest BCUT2D eigenvalue weighted by Gasteiger charge is -2.11. The SMILES string of the molecule is CC(C)CCC(=O)Nc1ccc2c3c(cccc13)CC2. The minimum absolute atomic E-state index is 0.123. The molecule has 0 unspecified atom stereocenters. The van der Waals surface area contributed by atoms with Crippen LogP contribution in [0.4, 0.5) is 5.69 Å². The van der Waals surface area contributed by atoms with E-state index in [9.17, 15) is 4.79 Å². The smallest absolute Gasteiger partial charge is 0.224 e. The molecular weight excluding hydrogens is 246 g/mol. The predicted octanol–water partition coefficient (Wildman–Crippen LogP) is 4.31. The predicted molar refractivity (Wildman–Crippen MR) is 84.1 cm³/mol. The normalized spacial score (nSPS) is 13.2. The van der Waals surface area contributed by atoms with E-state index in [1.54, 1.807) is 0 Å². The maximum Gasteiger partial charge on any atom is 0.224 e. The van der Waals surface area contributed by atoms with Crippen LogP contribution in [0.1, 0.15) is 37.8 Å². The van der Waals surface area contributed by atoms with Crippen molar-refractivity contribution in [2.45, 2.75) is 39.5 Å². The van der Waals surface area contributed by atoms with Gasteiger partial charge < -0.3 is 5.32 Å². The summed E-state index contributed by atoms with van der Waals surface area (Å²) in [6.07, 6.45) is 3.78. The average molecular weight is 267 g/mol. The molecule has 0 aliphatic heterocycles. The second-order valence-corrected chi connectivity index (χ2v) is 6.09. The van der Waals surface area contributed by atoms with Gasteiger partial charge in [-0.3, -0.25) is 4.79 Å². The number of amides is 1. The number of hydrogen-bond acceptors (Lipinski definition) is 1. The van der Waals surface area contributed by atoms with Crippen LogP contribution in [0.5, 0.6) is 0 Å². The lowest BCUT2D eigenvalue weighted by Crippen LogP contribution is -2.12. The summed E-state index contributed by atoms with van der Waals surface area (Å²) in [7, 11) is 0. The molecule has 104 valence electrons. The summed E-state index contributed by atoms with van der Waals surface area (Å²) in [5, 5.41) is 5.63. The molecule has 0 heterocycles. The summed E-state index contributed by atoms with van der Waals surface area (Å²) in [6, 6.07) is 10.6. The van der Waals surface area contributed by atoms with E-state index in [2.05, 4.69) is 49.5 Å². The Balaban J connectivity index is 1.88. The van der Waals surface area contributed by atoms with Crippen molar-refractivity contribution in [2.24, 2.45) is 5.92 Å². The van der Waals surface area contributed by atoms with Crippen LogP contribution in [0, 0.1) is 5.92 Å². The molecule has 2 aromatic carbocycles. The fourth-order valence-electron chi connectivity index (χ4n) is 2.99. The van der Waals surface area contributed by atoms with Gasteiger partial charge in [-0.05, 0) is 47.8 Å². The highest BCUT2D eigenvalue weighted by atomic mass is 16.1. The Morgan fingerprint density at radius 2 is 1.90 bits per heavy atom. The van der Waals surface area contributed by atoms with Gasteiger partial charge in [0.1, 0.15) is 0 Å². The largest absolute Gasteiger partial charge is 0.326 e. The first kappa shape index (κ1) is 13.2. The van der Waals surface area contributed by atoms with Gasteiger partial charge in [0.25, 0.3) is 0 Å². The Morgan fingerprint density at radius 3 is 2.65 bits per heavy atom. The number of nitrogens with one attached hydrogen (secondary N) is 1. The number of benzene rings is 2. The van der Waals surface area contributed by atoms with E-state index < -0.39 is 0 Å². The van der Waals surface area contributed by atoms with Gasteiger partial charge in [-0.1, -0.05) is 38.1 Å². The minimum Gasteiger partial charge on any atom is -0.326 e. The summed E-state index contributed by atoms with van der Waals surface area (Å²) < 4.78 is 0. The first-order valence-electron chi connectivity index (χ1n) is 7.48. The van der Waals surface area contributed by atoms with Crippen LogP contribution in [0.15, 0.2) is 30.3 Å². The Morgan fingerprint density at radius 1 is 1.15 bits per heavy atom. The van der Waals surface area contributed by atoms with Gasteiger partial charge in [0.05, 0.1) is 0 Å². The number of rotatable bonds is 4. The Bertz CT molecular complexity index is 648. The Labute approximate surface area is 120 Å². The molecule has 0 saturated heterocycles. The first-order chi connectivity index (χ1) is 9.65. The molecule has 20 heavy (non-hydrogen) atoms. The molecule has 0 saturated carbocycles. The van der Waals surface area contributed by atoms with Crippen molar-refractivity contribution in [3.63, 3.8) is 0 Å². The van der Waals surface area contributed by atoms with Crippen LogP contribution in [-0.4, -0.2) is 5.91 Å². The second-order valence-electron chi connectivity index (χ2n) is 6.09. The van der Waals surface area contributed by atoms with E-state index in [-0.39, 0.29) is 5.91 Å². The molecule has 2 nitrogen and oxygen atoms in total. The van der Waals surface area contributed by atoms with Gasteiger partial charge in [0.2, 0.25) is 5.91 Å². The van der Waals surface area contributed by atoms with Crippen molar-refractivity contribution in [2.75, 3.05) is 5.32 Å². The topological polar surface area (TPSA) is 29.1 Å². The van der Waals surface area contributed by atoms with Crippen molar-refractivity contribution in [3.8, 4) is 0 Å². The van der Waals surface area contributed by atoms with Crippen LogP contribution in [0.25, 0.3) is 10.8 Å². The van der Waals surface area contributed by atoms with Gasteiger partial charge in [0.15, 0.2) is 0 Å². The van der Waals surface area contributed by atoms with E-state index in [1.165, 1.54) is 21.9 Å². The maximum atomic E-state index is 12.0. The maximum absolute atomic E-state index is 12.0. The van der Waals surface area contributed by atoms with E-state index in [1.807, 2.05) is 0 Å². The molecular formula is C18H21NO. The molecule has 0 aromatic heterocycles. The van der Waals surface area contributed by atoms with Gasteiger partial charge >= 0.3 is 0 Å². The van der Waals surface area contributed by atoms with Crippen LogP contribution in [0.3, 0.4) is 0 Å². The Kier molecular flexibility index (Phi) is 3.47. The fraction of sp³-hybridized carbons (Fsp3) is 0.389. The Hall–Kier alpha value is -1.83. The van der Waals surface area contributed by atoms with Crippen molar-refractivity contribution < 1.29 is 4.79 Å². The zero-order valence-corrected chi connectivity index (χ0v) is 12.2. The summed E-state index contributed by atoms with van der Waals surface area (Å²) in [6.45, 7) is 4.29. The van der Waals surface area contributed by atoms with Crippen LogP contribution >= 0.6 is 0 Å². The summed E-state index contributed by atoms with van der Waals surface area (Å²) in [5.41, 5.74) is 3.79. The summed E-state index contributed by atoms with van der Waals surface area (Å²) in [4.78, 5) is 12.0. The number of anilines is 1. The molecule has 0 bridgehead atoms. The molecule has 0 radical (unpaired) electrons. The molecule has 3 rings (SSSR count). The highest BCUT2D eigenvalue weighted by Gasteiger charge is 2.16. The molecule has 1 N–H and O–H groups in total. The van der Waals surface area contributed by atoms with Crippen LogP contribution in [0.2, 0.25) is 0 Å². The quantitative estimate of drug-likeness (QED) is 0.878. The van der Waals surface area contributed by atoms with Gasteiger partial charge in [-0.15, -0.1) is 0 Å². The molecule has 0 spiro atoms. The molecule has 2 aromatic rings. The standard InChI is InChI=1S/C18H21NO/c1-12(2)6-11-17(20)19-16-10-9-14-8-7-13-4-3-5-15(16)18(13)14/h3-5,9-10,12H,6-8,11H2,1-2H3,(H,19,20). The number of aryl methyl sites for hydroxylation is 2. The highest BCUT2D eigenvalue weighted by molar-refractivity contribution is 6.05.